The molecule has 3 rings (SSSR count). The highest BCUT2D eigenvalue weighted by Crippen LogP contribution is 2.37. The highest BCUT2D eigenvalue weighted by Gasteiger charge is 2.24. The molecule has 1 aromatic rings. The number of carbonyl (C=O) groups is 1. The van der Waals surface area contributed by atoms with Crippen molar-refractivity contribution in [3.63, 3.8) is 0 Å². The molecule has 0 radical (unpaired) electrons. The van der Waals surface area contributed by atoms with Crippen LogP contribution in [0.3, 0.4) is 0 Å². The molecule has 1 saturated heterocycles. The van der Waals surface area contributed by atoms with Crippen molar-refractivity contribution >= 4 is 23.0 Å². The maximum Gasteiger partial charge on any atom is 0.296 e. The first-order valence-electron chi connectivity index (χ1n) is 6.86. The van der Waals surface area contributed by atoms with Crippen molar-refractivity contribution in [1.82, 2.24) is 5.32 Å². The van der Waals surface area contributed by atoms with E-state index < -0.39 is 4.92 Å². The molecule has 1 unspecified atom stereocenters. The van der Waals surface area contributed by atoms with Gasteiger partial charge in [0.1, 0.15) is 5.69 Å². The van der Waals surface area contributed by atoms with E-state index in [9.17, 15) is 14.9 Å². The summed E-state index contributed by atoms with van der Waals surface area (Å²) in [4.78, 5) is 22.0. The Morgan fingerprint density at radius 1 is 1.48 bits per heavy atom. The van der Waals surface area contributed by atoms with E-state index in [0.717, 1.165) is 19.4 Å². The van der Waals surface area contributed by atoms with Crippen molar-refractivity contribution in [3.05, 3.63) is 22.2 Å². The van der Waals surface area contributed by atoms with Crippen LogP contribution in [0.1, 0.15) is 12.8 Å². The zero-order chi connectivity index (χ0) is 14.8. The second kappa shape index (κ2) is 5.57. The zero-order valence-electron chi connectivity index (χ0n) is 11.3. The molecule has 2 aliphatic heterocycles. The maximum atomic E-state index is 11.3. The fourth-order valence-corrected chi connectivity index (χ4v) is 2.57. The number of amides is 1. The number of hydrogen-bond donors (Lipinski definition) is 3. The third kappa shape index (κ3) is 2.89. The molecule has 3 N–H and O–H groups in total. The molecule has 0 saturated carbocycles. The lowest BCUT2D eigenvalue weighted by atomic mass is 10.2. The summed E-state index contributed by atoms with van der Waals surface area (Å²) >= 11 is 0. The van der Waals surface area contributed by atoms with E-state index in [1.54, 1.807) is 6.07 Å². The van der Waals surface area contributed by atoms with Crippen LogP contribution in [0.15, 0.2) is 12.1 Å². The van der Waals surface area contributed by atoms with Gasteiger partial charge in [0.15, 0.2) is 12.4 Å². The Kier molecular flexibility index (Phi) is 3.61. The topological polar surface area (TPSA) is 106 Å². The van der Waals surface area contributed by atoms with Crippen molar-refractivity contribution in [2.24, 2.45) is 0 Å². The number of nitrogens with zero attached hydrogens (tertiary/aromatic N) is 1. The molecular weight excluding hydrogens is 276 g/mol. The van der Waals surface area contributed by atoms with Gasteiger partial charge in [-0.25, -0.2) is 0 Å². The summed E-state index contributed by atoms with van der Waals surface area (Å²) in [7, 11) is 0. The van der Waals surface area contributed by atoms with E-state index in [1.807, 2.05) is 0 Å². The van der Waals surface area contributed by atoms with Crippen LogP contribution in [0.5, 0.6) is 5.75 Å². The van der Waals surface area contributed by atoms with Crippen LogP contribution in [0.2, 0.25) is 0 Å². The average molecular weight is 292 g/mol. The highest BCUT2D eigenvalue weighted by molar-refractivity contribution is 5.96. The number of benzene rings is 1. The molecule has 2 aliphatic rings. The summed E-state index contributed by atoms with van der Waals surface area (Å²) in [5.74, 6) is 0.0607. The van der Waals surface area contributed by atoms with Crippen LogP contribution < -0.4 is 20.7 Å². The minimum absolute atomic E-state index is 0.0529. The number of ether oxygens (including phenoxy) is 1. The van der Waals surface area contributed by atoms with Gasteiger partial charge in [0.25, 0.3) is 11.6 Å². The number of carbonyl (C=O) groups excluding carboxylic acids is 1. The molecule has 2 heterocycles. The van der Waals surface area contributed by atoms with Crippen molar-refractivity contribution < 1.29 is 14.5 Å². The third-order valence-electron chi connectivity index (χ3n) is 3.63. The number of nitro benzene ring substituents is 1. The van der Waals surface area contributed by atoms with Gasteiger partial charge < -0.3 is 20.7 Å². The second-order valence-corrected chi connectivity index (χ2v) is 5.13. The van der Waals surface area contributed by atoms with E-state index in [4.69, 9.17) is 4.74 Å². The summed E-state index contributed by atoms with van der Waals surface area (Å²) in [6.07, 6.45) is 2.16. The Morgan fingerprint density at radius 3 is 3.05 bits per heavy atom. The minimum atomic E-state index is -0.454. The fourth-order valence-electron chi connectivity index (χ4n) is 2.57. The Hall–Kier alpha value is -2.35. The van der Waals surface area contributed by atoms with Crippen molar-refractivity contribution in [1.29, 1.82) is 0 Å². The van der Waals surface area contributed by atoms with Gasteiger partial charge in [0, 0.05) is 12.6 Å². The number of hydrogen-bond acceptors (Lipinski definition) is 6. The van der Waals surface area contributed by atoms with Gasteiger partial charge in [0.05, 0.1) is 16.7 Å². The molecule has 1 amide bonds. The first-order valence-corrected chi connectivity index (χ1v) is 6.86. The number of nitro groups is 1. The summed E-state index contributed by atoms with van der Waals surface area (Å²) in [5, 5.41) is 20.2. The average Bonchev–Trinajstić information content (AvgIpc) is 2.97. The Labute approximate surface area is 121 Å². The van der Waals surface area contributed by atoms with Gasteiger partial charge in [-0.2, -0.15) is 0 Å². The summed E-state index contributed by atoms with van der Waals surface area (Å²) in [5.41, 5.74) is 0.792. The monoisotopic (exact) mass is 292 g/mol. The van der Waals surface area contributed by atoms with E-state index in [-0.39, 0.29) is 18.2 Å². The predicted molar refractivity (Wildman–Crippen MR) is 76.7 cm³/mol. The van der Waals surface area contributed by atoms with Gasteiger partial charge in [0.2, 0.25) is 0 Å². The molecule has 21 heavy (non-hydrogen) atoms. The van der Waals surface area contributed by atoms with Crippen LogP contribution in [0.25, 0.3) is 0 Å². The van der Waals surface area contributed by atoms with Crippen LogP contribution in [0, 0.1) is 10.1 Å². The lowest BCUT2D eigenvalue weighted by Gasteiger charge is -2.19. The van der Waals surface area contributed by atoms with Crippen LogP contribution in [-0.2, 0) is 4.79 Å². The molecule has 1 fully saturated rings. The highest BCUT2D eigenvalue weighted by atomic mass is 16.6. The van der Waals surface area contributed by atoms with E-state index >= 15 is 0 Å². The SMILES string of the molecule is O=C1COc2cc([N+](=O)[O-])c(NCC3CCCN3)cc2N1. The van der Waals surface area contributed by atoms with Crippen LogP contribution in [0.4, 0.5) is 17.1 Å². The largest absolute Gasteiger partial charge is 0.481 e. The molecular formula is C13H16N4O4. The van der Waals surface area contributed by atoms with E-state index in [0.29, 0.717) is 29.7 Å². The van der Waals surface area contributed by atoms with Gasteiger partial charge in [-0.3, -0.25) is 14.9 Å². The standard InChI is InChI=1S/C13H16N4O4/c18-13-7-21-12-5-11(17(19)20)9(4-10(12)16-13)15-6-8-2-1-3-14-8/h4-5,8,14-15H,1-3,6-7H2,(H,16,18). The Bertz CT molecular complexity index is 584. The molecule has 8 heteroatoms. The van der Waals surface area contributed by atoms with Crippen LogP contribution in [-0.4, -0.2) is 36.6 Å². The van der Waals surface area contributed by atoms with Gasteiger partial charge in [-0.05, 0) is 25.5 Å². The third-order valence-corrected chi connectivity index (χ3v) is 3.63. The molecule has 0 bridgehead atoms. The van der Waals surface area contributed by atoms with Crippen molar-refractivity contribution in [3.8, 4) is 5.75 Å². The van der Waals surface area contributed by atoms with E-state index in [1.165, 1.54) is 6.07 Å². The number of fused-ring (bicyclic) bond motifs is 1. The number of nitrogens with one attached hydrogen (secondary N) is 3. The van der Waals surface area contributed by atoms with Gasteiger partial charge in [-0.15, -0.1) is 0 Å². The molecule has 0 aromatic heterocycles. The normalized spacial score (nSPS) is 20.4. The smallest absolute Gasteiger partial charge is 0.296 e. The molecule has 1 atom stereocenters. The van der Waals surface area contributed by atoms with Gasteiger partial charge in [-0.1, -0.05) is 0 Å². The maximum absolute atomic E-state index is 11.3. The number of anilines is 2. The first-order chi connectivity index (χ1) is 10.1. The minimum Gasteiger partial charge on any atom is -0.481 e. The molecule has 8 nitrogen and oxygen atoms in total. The lowest BCUT2D eigenvalue weighted by Crippen LogP contribution is -2.29. The second-order valence-electron chi connectivity index (χ2n) is 5.13. The lowest BCUT2D eigenvalue weighted by molar-refractivity contribution is -0.384. The summed E-state index contributed by atoms with van der Waals surface area (Å²) < 4.78 is 5.20. The summed E-state index contributed by atoms with van der Waals surface area (Å²) in [6, 6.07) is 3.21. The molecule has 0 aliphatic carbocycles. The van der Waals surface area contributed by atoms with Crippen molar-refractivity contribution in [2.75, 3.05) is 30.3 Å². The zero-order valence-corrected chi connectivity index (χ0v) is 11.3. The Balaban J connectivity index is 1.84. The predicted octanol–water partition coefficient (Wildman–Crippen LogP) is 1.09. The summed E-state index contributed by atoms with van der Waals surface area (Å²) in [6.45, 7) is 1.46. The molecule has 0 spiro atoms. The number of rotatable bonds is 4. The molecule has 112 valence electrons. The van der Waals surface area contributed by atoms with Crippen molar-refractivity contribution in [2.45, 2.75) is 18.9 Å². The quantitative estimate of drug-likeness (QED) is 0.566. The molecule has 1 aromatic carbocycles. The van der Waals surface area contributed by atoms with E-state index in [2.05, 4.69) is 16.0 Å². The van der Waals surface area contributed by atoms with Gasteiger partial charge >= 0.3 is 0 Å². The Morgan fingerprint density at radius 2 is 2.33 bits per heavy atom. The van der Waals surface area contributed by atoms with Crippen LogP contribution >= 0.6 is 0 Å². The first kappa shape index (κ1) is 13.6. The fraction of sp³-hybridized carbons (Fsp3) is 0.462.